The standard InChI is InChI=1S/C22H16F3N5O/c1-11-5-6-12(19-14(20(26)31)3-2-4-16(19)22(23,24)25)7-15(11)17-8-13-9-29-21(27)30-18(13)10-28-17/h2-10H,1H3,(H2,26,31)(H2,27,29,30). The molecule has 4 aromatic rings. The number of anilines is 1. The number of aryl methyl sites for hydroxylation is 1. The lowest BCUT2D eigenvalue weighted by Gasteiger charge is -2.17. The quantitative estimate of drug-likeness (QED) is 0.509. The van der Waals surface area contributed by atoms with E-state index in [0.29, 0.717) is 22.2 Å². The van der Waals surface area contributed by atoms with Crippen molar-refractivity contribution in [2.75, 3.05) is 5.73 Å². The number of nitrogen functional groups attached to an aromatic ring is 1. The zero-order chi connectivity index (χ0) is 22.3. The highest BCUT2D eigenvalue weighted by molar-refractivity contribution is 6.01. The molecule has 0 saturated heterocycles. The number of amides is 1. The number of rotatable bonds is 3. The van der Waals surface area contributed by atoms with E-state index in [4.69, 9.17) is 11.5 Å². The Bertz CT molecular complexity index is 1330. The summed E-state index contributed by atoms with van der Waals surface area (Å²) in [4.78, 5) is 24.3. The number of nitrogens with two attached hydrogens (primary N) is 2. The lowest BCUT2D eigenvalue weighted by atomic mass is 9.90. The van der Waals surface area contributed by atoms with Crippen molar-refractivity contribution < 1.29 is 18.0 Å². The second kappa shape index (κ2) is 7.35. The van der Waals surface area contributed by atoms with Crippen molar-refractivity contribution in [2.24, 2.45) is 5.73 Å². The van der Waals surface area contributed by atoms with Gasteiger partial charge in [0.2, 0.25) is 11.9 Å². The van der Waals surface area contributed by atoms with Crippen LogP contribution in [0.5, 0.6) is 0 Å². The summed E-state index contributed by atoms with van der Waals surface area (Å²) in [6.45, 7) is 1.81. The summed E-state index contributed by atoms with van der Waals surface area (Å²) in [6, 6.07) is 9.87. The summed E-state index contributed by atoms with van der Waals surface area (Å²) in [5, 5.41) is 0.678. The first-order chi connectivity index (χ1) is 14.6. The van der Waals surface area contributed by atoms with Gasteiger partial charge in [0.25, 0.3) is 0 Å². The molecule has 0 radical (unpaired) electrons. The van der Waals surface area contributed by atoms with Crippen LogP contribution in [0.3, 0.4) is 0 Å². The van der Waals surface area contributed by atoms with Gasteiger partial charge in [0.1, 0.15) is 0 Å². The Morgan fingerprint density at radius 2 is 1.81 bits per heavy atom. The molecular weight excluding hydrogens is 407 g/mol. The first kappa shape index (κ1) is 20.3. The second-order valence-corrected chi connectivity index (χ2v) is 6.98. The minimum atomic E-state index is -4.66. The first-order valence-electron chi connectivity index (χ1n) is 9.15. The van der Waals surface area contributed by atoms with E-state index in [1.54, 1.807) is 24.4 Å². The third kappa shape index (κ3) is 3.77. The van der Waals surface area contributed by atoms with E-state index in [0.717, 1.165) is 17.7 Å². The predicted octanol–water partition coefficient (Wildman–Crippen LogP) is 4.37. The number of pyridine rings is 1. The zero-order valence-electron chi connectivity index (χ0n) is 16.2. The van der Waals surface area contributed by atoms with Gasteiger partial charge in [-0.15, -0.1) is 0 Å². The number of fused-ring (bicyclic) bond motifs is 1. The van der Waals surface area contributed by atoms with Gasteiger partial charge in [-0.2, -0.15) is 13.2 Å². The van der Waals surface area contributed by atoms with Crippen LogP contribution >= 0.6 is 0 Å². The fourth-order valence-corrected chi connectivity index (χ4v) is 3.45. The molecule has 4 rings (SSSR count). The number of hydrogen-bond donors (Lipinski definition) is 2. The number of aromatic nitrogens is 3. The fourth-order valence-electron chi connectivity index (χ4n) is 3.45. The molecule has 2 aromatic carbocycles. The van der Waals surface area contributed by atoms with Gasteiger partial charge in [0, 0.05) is 28.3 Å². The number of benzene rings is 2. The molecule has 4 N–H and O–H groups in total. The van der Waals surface area contributed by atoms with E-state index < -0.39 is 17.6 Å². The SMILES string of the molecule is Cc1ccc(-c2c(C(N)=O)cccc2C(F)(F)F)cc1-c1cc2cnc(N)nc2cn1. The molecule has 6 nitrogen and oxygen atoms in total. The Morgan fingerprint density at radius 1 is 1.03 bits per heavy atom. The highest BCUT2D eigenvalue weighted by atomic mass is 19.4. The lowest BCUT2D eigenvalue weighted by molar-refractivity contribution is -0.137. The Labute approximate surface area is 174 Å². The molecule has 0 aliphatic carbocycles. The second-order valence-electron chi connectivity index (χ2n) is 6.98. The highest BCUT2D eigenvalue weighted by Gasteiger charge is 2.35. The van der Waals surface area contributed by atoms with Crippen LogP contribution in [0.15, 0.2) is 54.9 Å². The van der Waals surface area contributed by atoms with Crippen molar-refractivity contribution >= 4 is 22.8 Å². The molecule has 0 saturated carbocycles. The lowest BCUT2D eigenvalue weighted by Crippen LogP contribution is -2.16. The largest absolute Gasteiger partial charge is 0.417 e. The van der Waals surface area contributed by atoms with Crippen molar-refractivity contribution in [3.05, 3.63) is 71.5 Å². The summed E-state index contributed by atoms with van der Waals surface area (Å²) in [5.41, 5.74) is 12.2. The smallest absolute Gasteiger partial charge is 0.368 e. The van der Waals surface area contributed by atoms with Crippen molar-refractivity contribution in [1.82, 2.24) is 15.0 Å². The molecule has 0 bridgehead atoms. The van der Waals surface area contributed by atoms with Gasteiger partial charge >= 0.3 is 6.18 Å². The Hall–Kier alpha value is -4.01. The minimum Gasteiger partial charge on any atom is -0.368 e. The van der Waals surface area contributed by atoms with Crippen LogP contribution in [0.2, 0.25) is 0 Å². The molecule has 0 unspecified atom stereocenters. The summed E-state index contributed by atoms with van der Waals surface area (Å²) in [5.74, 6) is -0.829. The maximum Gasteiger partial charge on any atom is 0.417 e. The van der Waals surface area contributed by atoms with Crippen LogP contribution < -0.4 is 11.5 Å². The predicted molar refractivity (Wildman–Crippen MR) is 111 cm³/mol. The Kier molecular flexibility index (Phi) is 4.81. The fraction of sp³-hybridized carbons (Fsp3) is 0.0909. The van der Waals surface area contributed by atoms with E-state index in [2.05, 4.69) is 15.0 Å². The van der Waals surface area contributed by atoms with Gasteiger partial charge in [0.05, 0.1) is 23.0 Å². The molecular formula is C22H16F3N5O. The first-order valence-corrected chi connectivity index (χ1v) is 9.15. The molecule has 0 fully saturated rings. The van der Waals surface area contributed by atoms with Crippen LogP contribution in [0.25, 0.3) is 33.3 Å². The molecule has 1 amide bonds. The average molecular weight is 423 g/mol. The topological polar surface area (TPSA) is 108 Å². The van der Waals surface area contributed by atoms with E-state index in [-0.39, 0.29) is 22.6 Å². The average Bonchev–Trinajstić information content (AvgIpc) is 2.72. The van der Waals surface area contributed by atoms with Crippen LogP contribution in [-0.4, -0.2) is 20.9 Å². The molecule has 0 atom stereocenters. The van der Waals surface area contributed by atoms with Crippen molar-refractivity contribution in [2.45, 2.75) is 13.1 Å². The maximum atomic E-state index is 13.7. The number of nitrogens with zero attached hydrogens (tertiary/aromatic N) is 3. The molecule has 0 aliphatic rings. The van der Waals surface area contributed by atoms with Gasteiger partial charge in [-0.1, -0.05) is 18.2 Å². The van der Waals surface area contributed by atoms with Gasteiger partial charge < -0.3 is 11.5 Å². The summed E-state index contributed by atoms with van der Waals surface area (Å²) < 4.78 is 41.1. The van der Waals surface area contributed by atoms with Crippen LogP contribution in [0, 0.1) is 6.92 Å². The van der Waals surface area contributed by atoms with Gasteiger partial charge in [0.15, 0.2) is 0 Å². The summed E-state index contributed by atoms with van der Waals surface area (Å²) >= 11 is 0. The molecule has 156 valence electrons. The van der Waals surface area contributed by atoms with Crippen molar-refractivity contribution in [1.29, 1.82) is 0 Å². The molecule has 0 spiro atoms. The monoisotopic (exact) mass is 423 g/mol. The number of hydrogen-bond acceptors (Lipinski definition) is 5. The maximum absolute atomic E-state index is 13.7. The van der Waals surface area contributed by atoms with Gasteiger partial charge in [-0.05, 0) is 42.3 Å². The van der Waals surface area contributed by atoms with E-state index in [9.17, 15) is 18.0 Å². The minimum absolute atomic E-state index is 0.114. The third-order valence-electron chi connectivity index (χ3n) is 4.92. The molecule has 9 heteroatoms. The number of halogens is 3. The Balaban J connectivity index is 1.94. The van der Waals surface area contributed by atoms with Gasteiger partial charge in [-0.3, -0.25) is 9.78 Å². The van der Waals surface area contributed by atoms with Gasteiger partial charge in [-0.25, -0.2) is 9.97 Å². The normalized spacial score (nSPS) is 11.6. The zero-order valence-corrected chi connectivity index (χ0v) is 16.2. The molecule has 31 heavy (non-hydrogen) atoms. The number of carbonyl (C=O) groups excluding carboxylic acids is 1. The van der Waals surface area contributed by atoms with Crippen LogP contribution in [0.4, 0.5) is 19.1 Å². The van der Waals surface area contributed by atoms with E-state index in [1.807, 2.05) is 6.92 Å². The third-order valence-corrected chi connectivity index (χ3v) is 4.92. The van der Waals surface area contributed by atoms with Crippen LogP contribution in [-0.2, 0) is 6.18 Å². The molecule has 2 heterocycles. The summed E-state index contributed by atoms with van der Waals surface area (Å²) in [7, 11) is 0. The molecule has 2 aromatic heterocycles. The highest BCUT2D eigenvalue weighted by Crippen LogP contribution is 2.40. The number of carbonyl (C=O) groups is 1. The summed E-state index contributed by atoms with van der Waals surface area (Å²) in [6.07, 6.45) is -1.59. The van der Waals surface area contributed by atoms with Crippen LogP contribution in [0.1, 0.15) is 21.5 Å². The van der Waals surface area contributed by atoms with E-state index in [1.165, 1.54) is 18.3 Å². The van der Waals surface area contributed by atoms with E-state index >= 15 is 0 Å². The van der Waals surface area contributed by atoms with Crippen molar-refractivity contribution in [3.8, 4) is 22.4 Å². The van der Waals surface area contributed by atoms with Crippen molar-refractivity contribution in [3.63, 3.8) is 0 Å². The molecule has 0 aliphatic heterocycles. The Morgan fingerprint density at radius 3 is 2.52 bits per heavy atom. The number of alkyl halides is 3. The number of primary amides is 1.